The molecule has 0 aliphatic carbocycles. The van der Waals surface area contributed by atoms with E-state index >= 15 is 0 Å². The van der Waals surface area contributed by atoms with Crippen LogP contribution in [-0.4, -0.2) is 59.7 Å². The molecule has 2 amide bonds. The molecule has 0 saturated heterocycles. The molecule has 0 radical (unpaired) electrons. The first-order valence-corrected chi connectivity index (χ1v) is 11.0. The van der Waals surface area contributed by atoms with Crippen LogP contribution in [0.25, 0.3) is 0 Å². The Hall–Kier alpha value is -3.63. The minimum atomic E-state index is -1.08. The van der Waals surface area contributed by atoms with Crippen molar-refractivity contribution in [3.63, 3.8) is 0 Å². The summed E-state index contributed by atoms with van der Waals surface area (Å²) >= 11 is 6.07. The summed E-state index contributed by atoms with van der Waals surface area (Å²) < 4.78 is 0. The van der Waals surface area contributed by atoms with Gasteiger partial charge in [-0.15, -0.1) is 0 Å². The van der Waals surface area contributed by atoms with E-state index < -0.39 is 29.9 Å². The van der Waals surface area contributed by atoms with E-state index in [9.17, 15) is 24.6 Å². The van der Waals surface area contributed by atoms with Crippen LogP contribution >= 0.6 is 11.6 Å². The van der Waals surface area contributed by atoms with Crippen molar-refractivity contribution >= 4 is 41.0 Å². The largest absolute Gasteiger partial charge is 0.481 e. The summed E-state index contributed by atoms with van der Waals surface area (Å²) in [6.07, 6.45) is -0.867. The minimum Gasteiger partial charge on any atom is -0.481 e. The number of β-amino-alcohol motifs (C(OH)–C–C–N with tert-alkyl or cyclic N) is 1. The second-order valence-electron chi connectivity index (χ2n) is 7.89. The van der Waals surface area contributed by atoms with E-state index in [0.29, 0.717) is 34.3 Å². The van der Waals surface area contributed by atoms with E-state index in [-0.39, 0.29) is 19.5 Å². The molecule has 1 aliphatic rings. The number of carboxylic acids is 1. The second kappa shape index (κ2) is 11.5. The number of carboxylic acid groups (broad SMARTS) is 1. The van der Waals surface area contributed by atoms with Crippen LogP contribution in [0.5, 0.6) is 0 Å². The van der Waals surface area contributed by atoms with Gasteiger partial charge in [0.2, 0.25) is 5.91 Å². The molecule has 0 aromatic heterocycles. The third-order valence-electron chi connectivity index (χ3n) is 4.94. The quantitative estimate of drug-likeness (QED) is 0.329. The number of hydrogen-bond acceptors (Lipinski definition) is 7. The van der Waals surface area contributed by atoms with Crippen LogP contribution in [0.2, 0.25) is 5.02 Å². The fourth-order valence-electron chi connectivity index (χ4n) is 3.39. The van der Waals surface area contributed by atoms with Crippen LogP contribution in [0.3, 0.4) is 0 Å². The molecule has 0 spiro atoms. The molecule has 2 atom stereocenters. The van der Waals surface area contributed by atoms with Gasteiger partial charge in [0, 0.05) is 22.8 Å². The van der Waals surface area contributed by atoms with E-state index in [2.05, 4.69) is 26.3 Å². The van der Waals surface area contributed by atoms with Crippen LogP contribution in [0.1, 0.15) is 33.9 Å². The number of halogens is 1. The van der Waals surface area contributed by atoms with Gasteiger partial charge in [0.25, 0.3) is 5.91 Å². The number of nitrogens with one attached hydrogen (secondary N) is 4. The number of benzene rings is 2. The fourth-order valence-corrected chi connectivity index (χ4v) is 3.69. The maximum absolute atomic E-state index is 12.6. The number of anilines is 1. The number of aliphatic carboxylic acids is 1. The molecule has 1 heterocycles. The molecular formula is C23H26ClN5O5. The first kappa shape index (κ1) is 25.0. The number of aliphatic hydroxyl groups is 1. The average Bonchev–Trinajstić information content (AvgIpc) is 2.78. The molecule has 6 N–H and O–H groups in total. The number of nitrogens with zero attached hydrogens (tertiary/aromatic N) is 1. The Balaban J connectivity index is 1.59. The first-order chi connectivity index (χ1) is 16.2. The predicted octanol–water partition coefficient (Wildman–Crippen LogP) is 1.44. The summed E-state index contributed by atoms with van der Waals surface area (Å²) in [5.74, 6) is -1.60. The highest BCUT2D eigenvalue weighted by molar-refractivity contribution is 6.30. The van der Waals surface area contributed by atoms with Gasteiger partial charge in [-0.05, 0) is 48.4 Å². The number of carbonyl (C=O) groups is 3. The van der Waals surface area contributed by atoms with Gasteiger partial charge >= 0.3 is 5.97 Å². The van der Waals surface area contributed by atoms with Gasteiger partial charge in [-0.1, -0.05) is 23.7 Å². The lowest BCUT2D eigenvalue weighted by molar-refractivity contribution is -0.137. The Labute approximate surface area is 201 Å². The van der Waals surface area contributed by atoms with Crippen molar-refractivity contribution in [2.45, 2.75) is 25.5 Å². The van der Waals surface area contributed by atoms with Gasteiger partial charge in [0.1, 0.15) is 0 Å². The molecule has 3 rings (SSSR count). The van der Waals surface area contributed by atoms with Crippen molar-refractivity contribution < 1.29 is 24.6 Å². The molecular weight excluding hydrogens is 462 g/mol. The molecule has 1 aliphatic heterocycles. The van der Waals surface area contributed by atoms with Crippen LogP contribution in [-0.2, 0) is 9.59 Å². The molecule has 11 heteroatoms. The van der Waals surface area contributed by atoms with Crippen molar-refractivity contribution in [2.75, 3.05) is 25.0 Å². The van der Waals surface area contributed by atoms with Crippen LogP contribution in [0, 0.1) is 6.92 Å². The Morgan fingerprint density at radius 1 is 1.24 bits per heavy atom. The van der Waals surface area contributed by atoms with Gasteiger partial charge in [-0.3, -0.25) is 19.4 Å². The standard InChI is InChI=1S/C23H26ClN5O5/c1-13-5-15(7-16(24)6-13)19(9-21(32)33)29-20(31)12-25-22(34)14-3-2-4-17(8-14)28-23-26-10-18(30)11-27-23/h2-8,18-19,30H,9-12H2,1H3,(H,25,34)(H,29,31)(H,32,33)(H2,26,27,28). The number of guanidine groups is 1. The van der Waals surface area contributed by atoms with E-state index in [4.69, 9.17) is 11.6 Å². The molecule has 2 unspecified atom stereocenters. The highest BCUT2D eigenvalue weighted by atomic mass is 35.5. The predicted molar refractivity (Wildman–Crippen MR) is 128 cm³/mol. The zero-order valence-electron chi connectivity index (χ0n) is 18.5. The van der Waals surface area contributed by atoms with Crippen molar-refractivity contribution in [2.24, 2.45) is 4.99 Å². The Morgan fingerprint density at radius 2 is 2.03 bits per heavy atom. The molecule has 34 heavy (non-hydrogen) atoms. The maximum atomic E-state index is 12.6. The lowest BCUT2D eigenvalue weighted by atomic mass is 10.0. The number of hydrogen-bond donors (Lipinski definition) is 6. The molecule has 0 saturated carbocycles. The summed E-state index contributed by atoms with van der Waals surface area (Å²) in [5.41, 5.74) is 2.33. The smallest absolute Gasteiger partial charge is 0.305 e. The minimum absolute atomic E-state index is 0.280. The molecule has 0 fully saturated rings. The number of aliphatic imine (C=N–C) groups is 1. The normalized spacial score (nSPS) is 16.0. The fraction of sp³-hybridized carbons (Fsp3) is 0.304. The van der Waals surface area contributed by atoms with Crippen LogP contribution < -0.4 is 21.3 Å². The molecule has 10 nitrogen and oxygen atoms in total. The zero-order chi connectivity index (χ0) is 24.7. The van der Waals surface area contributed by atoms with Crippen molar-refractivity contribution in [3.8, 4) is 0 Å². The zero-order valence-corrected chi connectivity index (χ0v) is 19.2. The third kappa shape index (κ3) is 7.46. The van der Waals surface area contributed by atoms with Gasteiger partial charge < -0.3 is 31.5 Å². The number of amides is 2. The summed E-state index contributed by atoms with van der Waals surface area (Å²) in [6, 6.07) is 10.9. The van der Waals surface area contributed by atoms with Gasteiger partial charge in [-0.2, -0.15) is 0 Å². The van der Waals surface area contributed by atoms with Crippen molar-refractivity contribution in [3.05, 3.63) is 64.2 Å². The van der Waals surface area contributed by atoms with Crippen molar-refractivity contribution in [1.29, 1.82) is 0 Å². The highest BCUT2D eigenvalue weighted by Gasteiger charge is 2.20. The molecule has 2 aromatic carbocycles. The molecule has 180 valence electrons. The Morgan fingerprint density at radius 3 is 2.71 bits per heavy atom. The van der Waals surface area contributed by atoms with E-state index in [1.54, 1.807) is 42.5 Å². The number of aryl methyl sites for hydroxylation is 1. The van der Waals surface area contributed by atoms with E-state index in [1.807, 2.05) is 6.92 Å². The average molecular weight is 488 g/mol. The lowest BCUT2D eigenvalue weighted by Gasteiger charge is -2.20. The van der Waals surface area contributed by atoms with Gasteiger partial charge in [0.15, 0.2) is 5.96 Å². The number of aliphatic hydroxyl groups excluding tert-OH is 1. The summed E-state index contributed by atoms with van der Waals surface area (Å²) in [4.78, 5) is 40.5. The summed E-state index contributed by atoms with van der Waals surface area (Å²) in [6.45, 7) is 2.14. The Bertz CT molecular complexity index is 1090. The summed E-state index contributed by atoms with van der Waals surface area (Å²) in [7, 11) is 0. The number of carbonyl (C=O) groups excluding carboxylic acids is 2. The monoisotopic (exact) mass is 487 g/mol. The maximum Gasteiger partial charge on any atom is 0.305 e. The SMILES string of the molecule is Cc1cc(Cl)cc(C(CC(=O)O)NC(=O)CNC(=O)c2cccc(NC3=NCC(O)CN3)c2)c1. The van der Waals surface area contributed by atoms with E-state index in [0.717, 1.165) is 5.56 Å². The molecule has 0 bridgehead atoms. The third-order valence-corrected chi connectivity index (χ3v) is 5.16. The lowest BCUT2D eigenvalue weighted by Crippen LogP contribution is -2.42. The van der Waals surface area contributed by atoms with E-state index in [1.165, 1.54) is 0 Å². The highest BCUT2D eigenvalue weighted by Crippen LogP contribution is 2.23. The van der Waals surface area contributed by atoms with Crippen LogP contribution in [0.15, 0.2) is 47.5 Å². The number of rotatable bonds is 8. The van der Waals surface area contributed by atoms with Crippen molar-refractivity contribution in [1.82, 2.24) is 16.0 Å². The Kier molecular flexibility index (Phi) is 8.44. The second-order valence-corrected chi connectivity index (χ2v) is 8.33. The topological polar surface area (TPSA) is 152 Å². The summed E-state index contributed by atoms with van der Waals surface area (Å²) in [5, 5.41) is 30.3. The van der Waals surface area contributed by atoms with Crippen LogP contribution in [0.4, 0.5) is 5.69 Å². The van der Waals surface area contributed by atoms with Gasteiger partial charge in [-0.25, -0.2) is 0 Å². The van der Waals surface area contributed by atoms with Gasteiger partial charge in [0.05, 0.1) is 31.7 Å². The molecule has 2 aromatic rings. The first-order valence-electron chi connectivity index (χ1n) is 10.6.